The Hall–Kier alpha value is -4.54. The van der Waals surface area contributed by atoms with Gasteiger partial charge in [0.2, 0.25) is 0 Å². The molecule has 0 radical (unpaired) electrons. The van der Waals surface area contributed by atoms with E-state index < -0.39 is 23.5 Å². The number of anilines is 2. The summed E-state index contributed by atoms with van der Waals surface area (Å²) in [6.45, 7) is 7.13. The van der Waals surface area contributed by atoms with E-state index in [0.29, 0.717) is 42.3 Å². The molecule has 0 fully saturated rings. The molecule has 8 nitrogen and oxygen atoms in total. The standard InChI is InChI=1S/C29H29F3N6O2/c1-16(2)15-40-25-6-4-5-17(3)26(25)38-27(18-7-8-24(21(31)11-18)35-29(33)39)20-14-37(10-9-23(20)36-38)28-22(32)12-19(30)13-34-28/h4-8,11-13,16H,9-10,14-15H2,1-3H3,(H3,33,35,39). The van der Waals surface area contributed by atoms with Gasteiger partial charge in [-0.1, -0.05) is 32.0 Å². The van der Waals surface area contributed by atoms with E-state index in [2.05, 4.69) is 24.1 Å². The van der Waals surface area contributed by atoms with Crippen molar-refractivity contribution in [1.29, 1.82) is 0 Å². The lowest BCUT2D eigenvalue weighted by atomic mass is 10.00. The van der Waals surface area contributed by atoms with E-state index in [4.69, 9.17) is 15.6 Å². The average molecular weight is 551 g/mol. The van der Waals surface area contributed by atoms with Gasteiger partial charge in [0.15, 0.2) is 11.6 Å². The second-order valence-electron chi connectivity index (χ2n) is 10.1. The highest BCUT2D eigenvalue weighted by Gasteiger charge is 2.30. The summed E-state index contributed by atoms with van der Waals surface area (Å²) in [5.74, 6) is -1.29. The van der Waals surface area contributed by atoms with Crippen molar-refractivity contribution in [2.75, 3.05) is 23.4 Å². The van der Waals surface area contributed by atoms with Crippen LogP contribution in [-0.4, -0.2) is 33.9 Å². The molecule has 40 heavy (non-hydrogen) atoms. The van der Waals surface area contributed by atoms with Crippen LogP contribution in [0.3, 0.4) is 0 Å². The van der Waals surface area contributed by atoms with Gasteiger partial charge in [-0.15, -0.1) is 0 Å². The molecule has 3 heterocycles. The van der Waals surface area contributed by atoms with E-state index >= 15 is 4.39 Å². The number of pyridine rings is 1. The summed E-state index contributed by atoms with van der Waals surface area (Å²) in [7, 11) is 0. The number of aryl methyl sites for hydroxylation is 1. The smallest absolute Gasteiger partial charge is 0.316 e. The summed E-state index contributed by atoms with van der Waals surface area (Å²) in [5.41, 5.74) is 9.26. The summed E-state index contributed by atoms with van der Waals surface area (Å²) >= 11 is 0. The van der Waals surface area contributed by atoms with Crippen molar-refractivity contribution >= 4 is 17.5 Å². The lowest BCUT2D eigenvalue weighted by Crippen LogP contribution is -2.31. The van der Waals surface area contributed by atoms with Crippen molar-refractivity contribution in [2.45, 2.75) is 33.7 Å². The molecular formula is C29H29F3N6O2. The number of ether oxygens (including phenoxy) is 1. The van der Waals surface area contributed by atoms with Crippen LogP contribution in [0.4, 0.5) is 29.5 Å². The molecule has 0 spiro atoms. The quantitative estimate of drug-likeness (QED) is 0.306. The number of nitrogens with two attached hydrogens (primary N) is 1. The molecule has 0 aliphatic carbocycles. The number of urea groups is 1. The lowest BCUT2D eigenvalue weighted by Gasteiger charge is -2.28. The number of carbonyl (C=O) groups is 1. The van der Waals surface area contributed by atoms with Crippen LogP contribution in [-0.2, 0) is 13.0 Å². The first-order valence-electron chi connectivity index (χ1n) is 12.9. The summed E-state index contributed by atoms with van der Waals surface area (Å²) in [6.07, 6.45) is 1.43. The van der Waals surface area contributed by atoms with Crippen LogP contribution in [0.2, 0.25) is 0 Å². The largest absolute Gasteiger partial charge is 0.491 e. The maximum atomic E-state index is 15.1. The molecule has 208 valence electrons. The van der Waals surface area contributed by atoms with Crippen LogP contribution in [0.1, 0.15) is 30.7 Å². The normalized spacial score (nSPS) is 12.9. The lowest BCUT2D eigenvalue weighted by molar-refractivity contribution is 0.259. The van der Waals surface area contributed by atoms with E-state index in [-0.39, 0.29) is 24.0 Å². The topological polar surface area (TPSA) is 98.3 Å². The van der Waals surface area contributed by atoms with Gasteiger partial charge in [0.25, 0.3) is 0 Å². The Labute approximate surface area is 229 Å². The second-order valence-corrected chi connectivity index (χ2v) is 10.1. The van der Waals surface area contributed by atoms with Gasteiger partial charge in [0.05, 0.1) is 29.9 Å². The van der Waals surface area contributed by atoms with Crippen LogP contribution >= 0.6 is 0 Å². The molecule has 0 saturated heterocycles. The number of hydrogen-bond donors (Lipinski definition) is 2. The van der Waals surface area contributed by atoms with E-state index in [1.165, 1.54) is 12.1 Å². The first-order chi connectivity index (χ1) is 19.1. The number of primary amides is 1. The van der Waals surface area contributed by atoms with Gasteiger partial charge < -0.3 is 20.7 Å². The van der Waals surface area contributed by atoms with Crippen LogP contribution in [0.25, 0.3) is 16.9 Å². The van der Waals surface area contributed by atoms with E-state index in [9.17, 15) is 13.6 Å². The first kappa shape index (κ1) is 27.0. The van der Waals surface area contributed by atoms with Gasteiger partial charge in [0, 0.05) is 36.7 Å². The van der Waals surface area contributed by atoms with E-state index in [1.54, 1.807) is 15.6 Å². The number of nitrogens with one attached hydrogen (secondary N) is 1. The Balaban J connectivity index is 1.68. The third-order valence-electron chi connectivity index (χ3n) is 6.61. The highest BCUT2D eigenvalue weighted by molar-refractivity contribution is 5.88. The number of nitrogens with zero attached hydrogens (tertiary/aromatic N) is 4. The van der Waals surface area contributed by atoms with Gasteiger partial charge in [-0.3, -0.25) is 0 Å². The average Bonchev–Trinajstić information content (AvgIpc) is 3.26. The van der Waals surface area contributed by atoms with Crippen molar-refractivity contribution < 1.29 is 22.7 Å². The highest BCUT2D eigenvalue weighted by Crippen LogP contribution is 2.38. The Morgan fingerprint density at radius 1 is 1.15 bits per heavy atom. The molecule has 2 aromatic carbocycles. The molecular weight excluding hydrogens is 521 g/mol. The number of para-hydroxylation sites is 1. The molecule has 1 aliphatic heterocycles. The number of amides is 2. The Kier molecular flexibility index (Phi) is 7.38. The Morgan fingerprint density at radius 3 is 2.65 bits per heavy atom. The van der Waals surface area contributed by atoms with Gasteiger partial charge in [0.1, 0.15) is 23.1 Å². The summed E-state index contributed by atoms with van der Waals surface area (Å²) < 4.78 is 51.3. The summed E-state index contributed by atoms with van der Waals surface area (Å²) in [6, 6.07) is 9.98. The predicted octanol–water partition coefficient (Wildman–Crippen LogP) is 5.75. The SMILES string of the molecule is Cc1cccc(OCC(C)C)c1-n1nc2c(c1-c1ccc(NC(N)=O)c(F)c1)CN(c1ncc(F)cc1F)CC2. The van der Waals surface area contributed by atoms with Gasteiger partial charge in [-0.05, 0) is 36.6 Å². The molecule has 3 N–H and O–H groups in total. The molecule has 0 saturated carbocycles. The zero-order valence-electron chi connectivity index (χ0n) is 22.3. The Bertz CT molecular complexity index is 1590. The maximum absolute atomic E-state index is 15.1. The summed E-state index contributed by atoms with van der Waals surface area (Å²) in [4.78, 5) is 17.0. The van der Waals surface area contributed by atoms with Gasteiger partial charge >= 0.3 is 6.03 Å². The second kappa shape index (κ2) is 10.9. The minimum Gasteiger partial charge on any atom is -0.491 e. The number of fused-ring (bicyclic) bond motifs is 1. The fraction of sp³-hybridized carbons (Fsp3) is 0.276. The molecule has 0 unspecified atom stereocenters. The number of benzene rings is 2. The van der Waals surface area contributed by atoms with Gasteiger partial charge in [-0.25, -0.2) is 27.6 Å². The summed E-state index contributed by atoms with van der Waals surface area (Å²) in [5, 5.41) is 7.21. The molecule has 4 aromatic rings. The third-order valence-corrected chi connectivity index (χ3v) is 6.61. The predicted molar refractivity (Wildman–Crippen MR) is 146 cm³/mol. The molecule has 1 aliphatic rings. The number of rotatable bonds is 7. The van der Waals surface area contributed by atoms with Crippen molar-refractivity contribution in [3.63, 3.8) is 0 Å². The first-order valence-corrected chi connectivity index (χ1v) is 12.9. The van der Waals surface area contributed by atoms with Crippen molar-refractivity contribution in [3.05, 3.63) is 82.9 Å². The van der Waals surface area contributed by atoms with E-state index in [1.807, 2.05) is 25.1 Å². The Morgan fingerprint density at radius 2 is 1.95 bits per heavy atom. The zero-order valence-corrected chi connectivity index (χ0v) is 22.3. The molecule has 0 bridgehead atoms. The zero-order chi connectivity index (χ0) is 28.6. The number of aromatic nitrogens is 3. The third kappa shape index (κ3) is 5.31. The van der Waals surface area contributed by atoms with Gasteiger partial charge in [-0.2, -0.15) is 5.10 Å². The molecule has 5 rings (SSSR count). The van der Waals surface area contributed by atoms with Crippen LogP contribution in [0, 0.1) is 30.3 Å². The fourth-order valence-electron chi connectivity index (χ4n) is 4.83. The monoisotopic (exact) mass is 550 g/mol. The number of carbonyl (C=O) groups excluding carboxylic acids is 1. The minimum atomic E-state index is -0.884. The van der Waals surface area contributed by atoms with Crippen molar-refractivity contribution in [3.8, 4) is 22.7 Å². The number of hydrogen-bond acceptors (Lipinski definition) is 5. The highest BCUT2D eigenvalue weighted by atomic mass is 19.1. The number of halogens is 3. The maximum Gasteiger partial charge on any atom is 0.316 e. The van der Waals surface area contributed by atoms with Crippen LogP contribution in [0.15, 0.2) is 48.7 Å². The molecule has 2 aromatic heterocycles. The van der Waals surface area contributed by atoms with Crippen molar-refractivity contribution in [2.24, 2.45) is 11.7 Å². The van der Waals surface area contributed by atoms with E-state index in [0.717, 1.165) is 29.1 Å². The molecule has 0 atom stereocenters. The fourth-order valence-corrected chi connectivity index (χ4v) is 4.83. The van der Waals surface area contributed by atoms with Crippen LogP contribution in [0.5, 0.6) is 5.75 Å². The van der Waals surface area contributed by atoms with Crippen LogP contribution < -0.4 is 20.7 Å². The molecule has 11 heteroatoms. The van der Waals surface area contributed by atoms with Crippen molar-refractivity contribution in [1.82, 2.24) is 14.8 Å². The molecule has 2 amide bonds. The minimum absolute atomic E-state index is 0.0229.